The average Bonchev–Trinajstić information content (AvgIpc) is 2.19. The van der Waals surface area contributed by atoms with Gasteiger partial charge in [-0.1, -0.05) is 0 Å². The van der Waals surface area contributed by atoms with Gasteiger partial charge in [0.15, 0.2) is 11.6 Å². The number of anilines is 1. The highest BCUT2D eigenvalue weighted by Gasteiger charge is 2.16. The van der Waals surface area contributed by atoms with Gasteiger partial charge in [0.25, 0.3) is 0 Å². The molecule has 0 saturated carbocycles. The number of ether oxygens (including phenoxy) is 1. The fraction of sp³-hybridized carbons (Fsp3) is 0.444. The number of hydrogen-bond donors (Lipinski definition) is 0. The number of aromatic nitrogens is 1. The number of halogens is 2. The molecule has 3 nitrogen and oxygen atoms in total. The van der Waals surface area contributed by atoms with Crippen molar-refractivity contribution in [3.05, 3.63) is 21.7 Å². The Morgan fingerprint density at radius 1 is 1.43 bits per heavy atom. The highest BCUT2D eigenvalue weighted by molar-refractivity contribution is 14.1. The first kappa shape index (κ1) is 10.1. The summed E-state index contributed by atoms with van der Waals surface area (Å²) in [7, 11) is 0. The third kappa shape index (κ3) is 2.14. The molecular formula is C9H10FIN2O. The lowest BCUT2D eigenvalue weighted by atomic mass is 10.3. The van der Waals surface area contributed by atoms with Crippen molar-refractivity contribution in [3.8, 4) is 0 Å². The van der Waals surface area contributed by atoms with E-state index in [4.69, 9.17) is 4.74 Å². The molecule has 2 rings (SSSR count). The molecule has 0 N–H and O–H groups in total. The monoisotopic (exact) mass is 308 g/mol. The molecule has 0 bridgehead atoms. The van der Waals surface area contributed by atoms with E-state index in [1.807, 2.05) is 27.5 Å². The molecule has 0 radical (unpaired) electrons. The Labute approximate surface area is 95.4 Å². The number of nitrogens with zero attached hydrogens (tertiary/aromatic N) is 2. The zero-order valence-corrected chi connectivity index (χ0v) is 9.70. The van der Waals surface area contributed by atoms with E-state index in [1.165, 1.54) is 6.07 Å². The van der Waals surface area contributed by atoms with Crippen LogP contribution in [0.1, 0.15) is 0 Å². The molecule has 0 atom stereocenters. The number of pyridine rings is 1. The molecule has 1 aromatic rings. The molecule has 1 fully saturated rings. The van der Waals surface area contributed by atoms with Crippen LogP contribution in [0.4, 0.5) is 10.2 Å². The zero-order chi connectivity index (χ0) is 9.97. The predicted octanol–water partition coefficient (Wildman–Crippen LogP) is 1.66. The van der Waals surface area contributed by atoms with Crippen LogP contribution in [0.5, 0.6) is 0 Å². The second kappa shape index (κ2) is 4.39. The summed E-state index contributed by atoms with van der Waals surface area (Å²) in [5, 5.41) is 0. The molecule has 0 unspecified atom stereocenters. The summed E-state index contributed by atoms with van der Waals surface area (Å²) in [6, 6.07) is 1.50. The van der Waals surface area contributed by atoms with E-state index in [-0.39, 0.29) is 5.82 Å². The summed E-state index contributed by atoms with van der Waals surface area (Å²) in [5.74, 6) is 0.188. The van der Waals surface area contributed by atoms with E-state index in [1.54, 1.807) is 6.20 Å². The lowest BCUT2D eigenvalue weighted by molar-refractivity contribution is 0.122. The maximum atomic E-state index is 13.5. The fourth-order valence-electron chi connectivity index (χ4n) is 1.42. The van der Waals surface area contributed by atoms with Gasteiger partial charge < -0.3 is 9.64 Å². The van der Waals surface area contributed by atoms with Crippen LogP contribution in [0, 0.1) is 9.39 Å². The minimum absolute atomic E-state index is 0.251. The van der Waals surface area contributed by atoms with Crippen LogP contribution in [0.15, 0.2) is 12.3 Å². The molecule has 1 aromatic heterocycles. The van der Waals surface area contributed by atoms with Gasteiger partial charge in [0.1, 0.15) is 0 Å². The zero-order valence-electron chi connectivity index (χ0n) is 7.54. The lowest BCUT2D eigenvalue weighted by Crippen LogP contribution is -2.37. The summed E-state index contributed by atoms with van der Waals surface area (Å²) in [4.78, 5) is 6.00. The van der Waals surface area contributed by atoms with Gasteiger partial charge in [-0.05, 0) is 28.7 Å². The molecule has 2 heterocycles. The van der Waals surface area contributed by atoms with E-state index >= 15 is 0 Å². The van der Waals surface area contributed by atoms with Crippen molar-refractivity contribution in [3.63, 3.8) is 0 Å². The van der Waals surface area contributed by atoms with E-state index in [2.05, 4.69) is 4.98 Å². The Bertz CT molecular complexity index is 329. The van der Waals surface area contributed by atoms with Crippen molar-refractivity contribution in [1.29, 1.82) is 0 Å². The Morgan fingerprint density at radius 3 is 2.79 bits per heavy atom. The molecule has 1 aliphatic rings. The van der Waals surface area contributed by atoms with Gasteiger partial charge in [0.05, 0.1) is 13.2 Å². The number of hydrogen-bond acceptors (Lipinski definition) is 3. The van der Waals surface area contributed by atoms with Crippen LogP contribution in [0.3, 0.4) is 0 Å². The largest absolute Gasteiger partial charge is 0.378 e. The second-order valence-electron chi connectivity index (χ2n) is 3.06. The van der Waals surface area contributed by atoms with Crippen LogP contribution >= 0.6 is 22.6 Å². The Hall–Kier alpha value is -0.430. The summed E-state index contributed by atoms with van der Waals surface area (Å²) in [6.45, 7) is 2.72. The van der Waals surface area contributed by atoms with Gasteiger partial charge in [0.2, 0.25) is 0 Å². The summed E-state index contributed by atoms with van der Waals surface area (Å²) in [6.07, 6.45) is 1.68. The molecule has 5 heteroatoms. The van der Waals surface area contributed by atoms with Crippen molar-refractivity contribution in [2.24, 2.45) is 0 Å². The Morgan fingerprint density at radius 2 is 2.14 bits per heavy atom. The molecule has 0 amide bonds. The maximum Gasteiger partial charge on any atom is 0.166 e. The first-order valence-corrected chi connectivity index (χ1v) is 5.49. The van der Waals surface area contributed by atoms with Crippen LogP contribution < -0.4 is 4.90 Å². The van der Waals surface area contributed by atoms with E-state index in [0.29, 0.717) is 32.1 Å². The van der Waals surface area contributed by atoms with E-state index in [9.17, 15) is 4.39 Å². The quantitative estimate of drug-likeness (QED) is 0.738. The third-order valence-electron chi connectivity index (χ3n) is 2.10. The van der Waals surface area contributed by atoms with Gasteiger partial charge in [-0.25, -0.2) is 9.37 Å². The van der Waals surface area contributed by atoms with Gasteiger partial charge in [-0.15, -0.1) is 0 Å². The van der Waals surface area contributed by atoms with Gasteiger partial charge in [0, 0.05) is 22.9 Å². The normalized spacial score (nSPS) is 17.1. The van der Waals surface area contributed by atoms with Crippen molar-refractivity contribution in [1.82, 2.24) is 4.98 Å². The van der Waals surface area contributed by atoms with Crippen LogP contribution in [-0.4, -0.2) is 31.3 Å². The molecule has 0 aromatic carbocycles. The molecule has 0 aliphatic carbocycles. The van der Waals surface area contributed by atoms with Gasteiger partial charge in [-0.2, -0.15) is 0 Å². The number of morpholine rings is 1. The van der Waals surface area contributed by atoms with Gasteiger partial charge >= 0.3 is 0 Å². The topological polar surface area (TPSA) is 25.4 Å². The van der Waals surface area contributed by atoms with Crippen molar-refractivity contribution in [2.75, 3.05) is 31.2 Å². The van der Waals surface area contributed by atoms with E-state index < -0.39 is 0 Å². The van der Waals surface area contributed by atoms with Crippen molar-refractivity contribution < 1.29 is 9.13 Å². The standard InChI is InChI=1S/C9H10FIN2O/c10-8-5-7(11)6-12-9(8)13-1-3-14-4-2-13/h5-6H,1-4H2. The molecule has 76 valence electrons. The SMILES string of the molecule is Fc1cc(I)cnc1N1CCOCC1. The predicted molar refractivity (Wildman–Crippen MR) is 59.9 cm³/mol. The highest BCUT2D eigenvalue weighted by atomic mass is 127. The summed E-state index contributed by atoms with van der Waals surface area (Å²) >= 11 is 2.05. The minimum atomic E-state index is -0.251. The van der Waals surface area contributed by atoms with Crippen LogP contribution in [0.2, 0.25) is 0 Å². The van der Waals surface area contributed by atoms with E-state index in [0.717, 1.165) is 3.57 Å². The van der Waals surface area contributed by atoms with Crippen LogP contribution in [0.25, 0.3) is 0 Å². The minimum Gasteiger partial charge on any atom is -0.378 e. The number of rotatable bonds is 1. The summed E-state index contributed by atoms with van der Waals surface area (Å²) in [5.41, 5.74) is 0. The average molecular weight is 308 g/mol. The molecule has 1 saturated heterocycles. The molecule has 0 spiro atoms. The first-order chi connectivity index (χ1) is 6.77. The van der Waals surface area contributed by atoms with Gasteiger partial charge in [-0.3, -0.25) is 0 Å². The molecule has 14 heavy (non-hydrogen) atoms. The molecular weight excluding hydrogens is 298 g/mol. The summed E-state index contributed by atoms with van der Waals surface area (Å²) < 4.78 is 19.5. The van der Waals surface area contributed by atoms with Crippen molar-refractivity contribution in [2.45, 2.75) is 0 Å². The highest BCUT2D eigenvalue weighted by Crippen LogP contribution is 2.18. The molecule has 1 aliphatic heterocycles. The fourth-order valence-corrected chi connectivity index (χ4v) is 1.83. The van der Waals surface area contributed by atoms with Crippen molar-refractivity contribution >= 4 is 28.4 Å². The maximum absolute atomic E-state index is 13.5. The lowest BCUT2D eigenvalue weighted by Gasteiger charge is -2.27. The third-order valence-corrected chi connectivity index (χ3v) is 2.69. The smallest absolute Gasteiger partial charge is 0.166 e. The Balaban J connectivity index is 2.22. The second-order valence-corrected chi connectivity index (χ2v) is 4.30. The van der Waals surface area contributed by atoms with Crippen LogP contribution in [-0.2, 0) is 4.74 Å². The Kier molecular flexibility index (Phi) is 3.17. The first-order valence-electron chi connectivity index (χ1n) is 4.41.